The summed E-state index contributed by atoms with van der Waals surface area (Å²) in [7, 11) is 1.61. The highest BCUT2D eigenvalue weighted by atomic mass is 35.5. The number of carbonyl (C=O) groups excluding carboxylic acids is 1. The van der Waals surface area contributed by atoms with E-state index in [4.69, 9.17) is 21.1 Å². The van der Waals surface area contributed by atoms with E-state index in [1.54, 1.807) is 7.11 Å². The summed E-state index contributed by atoms with van der Waals surface area (Å²) < 4.78 is 11.0. The number of morpholine rings is 1. The average Bonchev–Trinajstić information content (AvgIpc) is 2.67. The van der Waals surface area contributed by atoms with Crippen molar-refractivity contribution in [3.63, 3.8) is 0 Å². The molecule has 0 radical (unpaired) electrons. The molecule has 0 aliphatic carbocycles. The zero-order chi connectivity index (χ0) is 17.6. The van der Waals surface area contributed by atoms with E-state index in [1.165, 1.54) is 0 Å². The van der Waals surface area contributed by atoms with Crippen LogP contribution in [0.2, 0.25) is 5.02 Å². The number of hydrogen-bond donors (Lipinski definition) is 2. The van der Waals surface area contributed by atoms with Crippen LogP contribution < -0.4 is 15.4 Å². The third-order valence-electron chi connectivity index (χ3n) is 4.17. The van der Waals surface area contributed by atoms with Gasteiger partial charge in [0.05, 0.1) is 19.8 Å². The second-order valence-corrected chi connectivity index (χ2v) is 6.18. The second kappa shape index (κ2) is 9.78. The molecule has 0 saturated carbocycles. The van der Waals surface area contributed by atoms with E-state index in [0.29, 0.717) is 23.9 Å². The number of para-hydroxylation sites is 1. The Morgan fingerprint density at radius 1 is 1.23 bits per heavy atom. The van der Waals surface area contributed by atoms with Crippen LogP contribution in [0.15, 0.2) is 48.5 Å². The molecule has 1 aliphatic heterocycles. The highest BCUT2D eigenvalue weighted by Crippen LogP contribution is 2.33. The fraction of sp³-hybridized carbons (Fsp3) is 0.316. The van der Waals surface area contributed by atoms with E-state index in [9.17, 15) is 4.79 Å². The topological polar surface area (TPSA) is 59.6 Å². The van der Waals surface area contributed by atoms with Gasteiger partial charge in [0.1, 0.15) is 11.9 Å². The molecular weight excluding hydrogens is 375 g/mol. The van der Waals surface area contributed by atoms with Crippen LogP contribution in [0.3, 0.4) is 0 Å². The molecule has 0 bridgehead atoms. The standard InChI is InChI=1S/C19H21ClN2O3.ClH/c1-24-16-9-5-3-7-14(16)18(13-6-2-4-8-15(13)20)22-19(23)17-12-21-10-11-25-17;/h2-9,17-18,21H,10-12H2,1H3,(H,22,23);1H. The third kappa shape index (κ3) is 4.68. The lowest BCUT2D eigenvalue weighted by molar-refractivity contribution is -0.134. The number of rotatable bonds is 5. The van der Waals surface area contributed by atoms with Crippen LogP contribution in [0.25, 0.3) is 0 Å². The minimum Gasteiger partial charge on any atom is -0.496 e. The van der Waals surface area contributed by atoms with Gasteiger partial charge in [0.15, 0.2) is 0 Å². The van der Waals surface area contributed by atoms with Crippen molar-refractivity contribution in [2.75, 3.05) is 26.8 Å². The van der Waals surface area contributed by atoms with E-state index in [2.05, 4.69) is 10.6 Å². The summed E-state index contributed by atoms with van der Waals surface area (Å²) in [4.78, 5) is 12.7. The first kappa shape index (κ1) is 20.5. The number of amides is 1. The van der Waals surface area contributed by atoms with Gasteiger partial charge in [-0.1, -0.05) is 48.0 Å². The second-order valence-electron chi connectivity index (χ2n) is 5.77. The number of halogens is 2. The molecule has 1 heterocycles. The Hall–Kier alpha value is -1.79. The lowest BCUT2D eigenvalue weighted by atomic mass is 9.97. The van der Waals surface area contributed by atoms with Crippen LogP contribution in [0.1, 0.15) is 17.2 Å². The molecule has 2 aromatic carbocycles. The summed E-state index contributed by atoms with van der Waals surface area (Å²) in [5, 5.41) is 6.82. The third-order valence-corrected chi connectivity index (χ3v) is 4.52. The fourth-order valence-corrected chi connectivity index (χ4v) is 3.15. The predicted molar refractivity (Wildman–Crippen MR) is 104 cm³/mol. The molecule has 7 heteroatoms. The first-order valence-corrected chi connectivity index (χ1v) is 8.58. The SMILES string of the molecule is COc1ccccc1C(NC(=O)C1CNCCO1)c1ccccc1Cl.Cl. The summed E-state index contributed by atoms with van der Waals surface area (Å²) in [5.74, 6) is 0.512. The quantitative estimate of drug-likeness (QED) is 0.815. The number of ether oxygens (including phenoxy) is 2. The van der Waals surface area contributed by atoms with Crippen LogP contribution in [-0.4, -0.2) is 38.8 Å². The number of carbonyl (C=O) groups is 1. The van der Waals surface area contributed by atoms with Crippen LogP contribution in [0, 0.1) is 0 Å². The van der Waals surface area contributed by atoms with Gasteiger partial charge in [-0.25, -0.2) is 0 Å². The number of hydrogen-bond acceptors (Lipinski definition) is 4. The average molecular weight is 397 g/mol. The van der Waals surface area contributed by atoms with Crippen LogP contribution in [-0.2, 0) is 9.53 Å². The maximum atomic E-state index is 12.7. The predicted octanol–water partition coefficient (Wildman–Crippen LogP) is 2.96. The number of benzene rings is 2. The van der Waals surface area contributed by atoms with Crippen LogP contribution >= 0.6 is 24.0 Å². The highest BCUT2D eigenvalue weighted by Gasteiger charge is 2.27. The highest BCUT2D eigenvalue weighted by molar-refractivity contribution is 6.31. The summed E-state index contributed by atoms with van der Waals surface area (Å²) in [6.07, 6.45) is -0.520. The zero-order valence-electron chi connectivity index (χ0n) is 14.4. The normalized spacial score (nSPS) is 17.7. The Morgan fingerprint density at radius 3 is 2.58 bits per heavy atom. The molecule has 2 aromatic rings. The summed E-state index contributed by atoms with van der Waals surface area (Å²) in [5.41, 5.74) is 1.65. The molecule has 2 unspecified atom stereocenters. The van der Waals surface area contributed by atoms with Crippen molar-refractivity contribution >= 4 is 29.9 Å². The molecule has 1 fully saturated rings. The Bertz CT molecular complexity index is 736. The van der Waals surface area contributed by atoms with Crippen molar-refractivity contribution in [1.29, 1.82) is 0 Å². The molecule has 26 heavy (non-hydrogen) atoms. The molecule has 1 amide bonds. The molecule has 3 rings (SSSR count). The lowest BCUT2D eigenvalue weighted by Gasteiger charge is -2.27. The van der Waals surface area contributed by atoms with Gasteiger partial charge in [-0.15, -0.1) is 12.4 Å². The summed E-state index contributed by atoms with van der Waals surface area (Å²) in [6.45, 7) is 1.76. The summed E-state index contributed by atoms with van der Waals surface area (Å²) in [6, 6.07) is 14.6. The van der Waals surface area contributed by atoms with Gasteiger partial charge in [-0.2, -0.15) is 0 Å². The van der Waals surface area contributed by atoms with Crippen molar-refractivity contribution in [1.82, 2.24) is 10.6 Å². The van der Waals surface area contributed by atoms with Crippen molar-refractivity contribution in [2.45, 2.75) is 12.1 Å². The molecule has 2 N–H and O–H groups in total. The molecule has 140 valence electrons. The van der Waals surface area contributed by atoms with E-state index in [-0.39, 0.29) is 18.3 Å². The van der Waals surface area contributed by atoms with Gasteiger partial charge in [0, 0.05) is 23.7 Å². The molecule has 2 atom stereocenters. The van der Waals surface area contributed by atoms with Gasteiger partial charge in [-0.05, 0) is 17.7 Å². The molecule has 5 nitrogen and oxygen atoms in total. The largest absolute Gasteiger partial charge is 0.496 e. The van der Waals surface area contributed by atoms with Gasteiger partial charge in [-0.3, -0.25) is 4.79 Å². The van der Waals surface area contributed by atoms with Crippen molar-refractivity contribution in [2.24, 2.45) is 0 Å². The van der Waals surface area contributed by atoms with E-state index in [0.717, 1.165) is 17.7 Å². The Morgan fingerprint density at radius 2 is 1.92 bits per heavy atom. The van der Waals surface area contributed by atoms with Crippen molar-refractivity contribution in [3.8, 4) is 5.75 Å². The fourth-order valence-electron chi connectivity index (χ4n) is 2.91. The molecule has 0 aromatic heterocycles. The number of nitrogens with one attached hydrogen (secondary N) is 2. The van der Waals surface area contributed by atoms with Crippen LogP contribution in [0.5, 0.6) is 5.75 Å². The maximum Gasteiger partial charge on any atom is 0.251 e. The Labute approximate surface area is 164 Å². The van der Waals surface area contributed by atoms with E-state index < -0.39 is 12.1 Å². The first-order chi connectivity index (χ1) is 12.2. The molecule has 1 aliphatic rings. The lowest BCUT2D eigenvalue weighted by Crippen LogP contribution is -2.48. The van der Waals surface area contributed by atoms with Crippen molar-refractivity contribution < 1.29 is 14.3 Å². The number of methoxy groups -OCH3 is 1. The van der Waals surface area contributed by atoms with Crippen molar-refractivity contribution in [3.05, 3.63) is 64.7 Å². The Kier molecular flexibility index (Phi) is 7.72. The monoisotopic (exact) mass is 396 g/mol. The zero-order valence-corrected chi connectivity index (χ0v) is 16.0. The van der Waals surface area contributed by atoms with E-state index >= 15 is 0 Å². The molecule has 0 spiro atoms. The van der Waals surface area contributed by atoms with Gasteiger partial charge in [0.25, 0.3) is 5.91 Å². The van der Waals surface area contributed by atoms with Gasteiger partial charge < -0.3 is 20.1 Å². The Balaban J connectivity index is 0.00000243. The van der Waals surface area contributed by atoms with E-state index in [1.807, 2.05) is 48.5 Å². The minimum absolute atomic E-state index is 0. The van der Waals surface area contributed by atoms with Gasteiger partial charge in [0.2, 0.25) is 0 Å². The molecular formula is C19H22Cl2N2O3. The summed E-state index contributed by atoms with van der Waals surface area (Å²) >= 11 is 6.40. The van der Waals surface area contributed by atoms with Gasteiger partial charge >= 0.3 is 0 Å². The maximum absolute atomic E-state index is 12.7. The first-order valence-electron chi connectivity index (χ1n) is 8.20. The smallest absolute Gasteiger partial charge is 0.251 e. The minimum atomic E-state index is -0.520. The molecule has 1 saturated heterocycles. The van der Waals surface area contributed by atoms with Crippen LogP contribution in [0.4, 0.5) is 0 Å².